The van der Waals surface area contributed by atoms with Crippen LogP contribution in [0.1, 0.15) is 66.7 Å². The molecule has 3 heteroatoms. The summed E-state index contributed by atoms with van der Waals surface area (Å²) in [6, 6.07) is 3.30. The third-order valence-electron chi connectivity index (χ3n) is 4.64. The molecule has 1 fully saturated rings. The fourth-order valence-electron chi connectivity index (χ4n) is 3.53. The van der Waals surface area contributed by atoms with Crippen LogP contribution in [0.5, 0.6) is 0 Å². The Balaban J connectivity index is 2.56. The van der Waals surface area contributed by atoms with E-state index in [1.165, 1.54) is 38.8 Å². The predicted octanol–water partition coefficient (Wildman–Crippen LogP) is 3.56. The molecule has 3 unspecified atom stereocenters. The minimum absolute atomic E-state index is 0.348. The zero-order valence-corrected chi connectivity index (χ0v) is 14.1. The summed E-state index contributed by atoms with van der Waals surface area (Å²) >= 11 is 0. The number of nitriles is 1. The maximum absolute atomic E-state index is 9.49. The molecule has 0 bridgehead atoms. The molecule has 0 aliphatic carbocycles. The largest absolute Gasteiger partial charge is 0.301 e. The number of nitrogens with one attached hydrogen (secondary N) is 1. The molecule has 3 atom stereocenters. The van der Waals surface area contributed by atoms with Gasteiger partial charge in [0.05, 0.1) is 6.07 Å². The van der Waals surface area contributed by atoms with Crippen LogP contribution >= 0.6 is 0 Å². The third kappa shape index (κ3) is 5.42. The van der Waals surface area contributed by atoms with Crippen LogP contribution in [0.25, 0.3) is 0 Å². The molecule has 0 spiro atoms. The van der Waals surface area contributed by atoms with Gasteiger partial charge < -0.3 is 4.90 Å². The lowest BCUT2D eigenvalue weighted by Gasteiger charge is -2.34. The molecule has 0 amide bonds. The Hall–Kier alpha value is -0.590. The summed E-state index contributed by atoms with van der Waals surface area (Å²) in [5.41, 5.74) is -0.413. The van der Waals surface area contributed by atoms with Crippen molar-refractivity contribution in [3.8, 4) is 6.07 Å². The number of rotatable bonds is 6. The van der Waals surface area contributed by atoms with E-state index in [0.29, 0.717) is 12.1 Å². The quantitative estimate of drug-likeness (QED) is 0.808. The monoisotopic (exact) mass is 279 g/mol. The molecule has 0 aromatic heterocycles. The Morgan fingerprint density at radius 2 is 2.00 bits per heavy atom. The number of hydrogen-bond acceptors (Lipinski definition) is 3. The number of likely N-dealkylation sites (tertiary alicyclic amines) is 1. The van der Waals surface area contributed by atoms with E-state index in [1.807, 2.05) is 6.92 Å². The summed E-state index contributed by atoms with van der Waals surface area (Å²) in [5, 5.41) is 12.9. The molecule has 3 nitrogen and oxygen atoms in total. The lowest BCUT2D eigenvalue weighted by Crippen LogP contribution is -2.49. The summed E-state index contributed by atoms with van der Waals surface area (Å²) in [6.07, 6.45) is 6.22. The van der Waals surface area contributed by atoms with E-state index in [-0.39, 0.29) is 0 Å². The molecule has 0 saturated carbocycles. The van der Waals surface area contributed by atoms with Crippen molar-refractivity contribution in [1.29, 1.82) is 5.26 Å². The lowest BCUT2D eigenvalue weighted by molar-refractivity contribution is 0.177. The highest BCUT2D eigenvalue weighted by Gasteiger charge is 2.30. The highest BCUT2D eigenvalue weighted by Crippen LogP contribution is 2.24. The standard InChI is InChI=1S/C17H33N3/c1-6-16-8-7-10-20(11-9-16)15(4)12-17(5,13-18)19-14(2)3/h14-16,19H,6-12H2,1-5H3. The molecule has 116 valence electrons. The Morgan fingerprint density at radius 1 is 1.30 bits per heavy atom. The van der Waals surface area contributed by atoms with Crippen LogP contribution in [0.4, 0.5) is 0 Å². The van der Waals surface area contributed by atoms with Crippen molar-refractivity contribution < 1.29 is 0 Å². The summed E-state index contributed by atoms with van der Waals surface area (Å²) in [7, 11) is 0. The first-order chi connectivity index (χ1) is 9.40. The zero-order valence-electron chi connectivity index (χ0n) is 14.1. The van der Waals surface area contributed by atoms with Crippen molar-refractivity contribution in [2.75, 3.05) is 13.1 Å². The molecule has 1 aliphatic rings. The van der Waals surface area contributed by atoms with E-state index >= 15 is 0 Å². The van der Waals surface area contributed by atoms with Gasteiger partial charge in [0.1, 0.15) is 5.54 Å². The van der Waals surface area contributed by atoms with Gasteiger partial charge in [0.15, 0.2) is 0 Å². The normalized spacial score (nSPS) is 25.8. The van der Waals surface area contributed by atoms with Gasteiger partial charge in [-0.2, -0.15) is 5.26 Å². The van der Waals surface area contributed by atoms with Gasteiger partial charge in [0.2, 0.25) is 0 Å². The molecule has 1 saturated heterocycles. The van der Waals surface area contributed by atoms with E-state index in [2.05, 4.69) is 44.0 Å². The van der Waals surface area contributed by atoms with Crippen LogP contribution in [0.3, 0.4) is 0 Å². The van der Waals surface area contributed by atoms with Crippen molar-refractivity contribution in [2.45, 2.75) is 84.3 Å². The number of nitrogens with zero attached hydrogens (tertiary/aromatic N) is 2. The zero-order chi connectivity index (χ0) is 15.2. The average molecular weight is 279 g/mol. The van der Waals surface area contributed by atoms with Crippen molar-refractivity contribution >= 4 is 0 Å². The van der Waals surface area contributed by atoms with Gasteiger partial charge in [-0.15, -0.1) is 0 Å². The van der Waals surface area contributed by atoms with Gasteiger partial charge in [-0.1, -0.05) is 13.3 Å². The maximum Gasteiger partial charge on any atom is 0.105 e. The Labute approximate surface area is 125 Å². The Kier molecular flexibility index (Phi) is 6.99. The van der Waals surface area contributed by atoms with E-state index in [4.69, 9.17) is 0 Å². The fourth-order valence-corrected chi connectivity index (χ4v) is 3.53. The Morgan fingerprint density at radius 3 is 2.55 bits per heavy atom. The molecule has 0 aromatic carbocycles. The molecule has 1 rings (SSSR count). The molecule has 1 N–H and O–H groups in total. The smallest absolute Gasteiger partial charge is 0.105 e. The van der Waals surface area contributed by atoms with E-state index < -0.39 is 5.54 Å². The van der Waals surface area contributed by atoms with Gasteiger partial charge >= 0.3 is 0 Å². The molecule has 1 aliphatic heterocycles. The number of hydrogen-bond donors (Lipinski definition) is 1. The molecule has 1 heterocycles. The van der Waals surface area contributed by atoms with Crippen molar-refractivity contribution in [1.82, 2.24) is 10.2 Å². The second kappa shape index (κ2) is 8.00. The second-order valence-electron chi connectivity index (χ2n) is 7.04. The molecular weight excluding hydrogens is 246 g/mol. The molecule has 0 radical (unpaired) electrons. The summed E-state index contributed by atoms with van der Waals surface area (Å²) in [4.78, 5) is 2.59. The topological polar surface area (TPSA) is 39.1 Å². The van der Waals surface area contributed by atoms with Gasteiger partial charge in [-0.3, -0.25) is 5.32 Å². The van der Waals surface area contributed by atoms with Crippen LogP contribution in [-0.4, -0.2) is 35.6 Å². The predicted molar refractivity (Wildman–Crippen MR) is 85.6 cm³/mol. The first-order valence-corrected chi connectivity index (χ1v) is 8.33. The first-order valence-electron chi connectivity index (χ1n) is 8.33. The summed E-state index contributed by atoms with van der Waals surface area (Å²) in [5.74, 6) is 0.906. The van der Waals surface area contributed by atoms with Gasteiger partial charge in [-0.05, 0) is 72.4 Å². The minimum atomic E-state index is -0.413. The van der Waals surface area contributed by atoms with Crippen molar-refractivity contribution in [2.24, 2.45) is 5.92 Å². The lowest BCUT2D eigenvalue weighted by atomic mass is 9.93. The molecule has 20 heavy (non-hydrogen) atoms. The minimum Gasteiger partial charge on any atom is -0.301 e. The van der Waals surface area contributed by atoms with Crippen LogP contribution < -0.4 is 5.32 Å². The summed E-state index contributed by atoms with van der Waals surface area (Å²) in [6.45, 7) is 13.2. The van der Waals surface area contributed by atoms with Crippen molar-refractivity contribution in [3.63, 3.8) is 0 Å². The SMILES string of the molecule is CCC1CCCN(C(C)CC(C)(C#N)NC(C)C)CC1. The van der Waals surface area contributed by atoms with E-state index in [0.717, 1.165) is 12.3 Å². The van der Waals surface area contributed by atoms with Crippen LogP contribution in [-0.2, 0) is 0 Å². The first kappa shape index (κ1) is 17.5. The molecule has 0 aromatic rings. The second-order valence-corrected chi connectivity index (χ2v) is 7.04. The highest BCUT2D eigenvalue weighted by atomic mass is 15.2. The highest BCUT2D eigenvalue weighted by molar-refractivity contribution is 5.06. The van der Waals surface area contributed by atoms with Gasteiger partial charge in [0.25, 0.3) is 0 Å². The van der Waals surface area contributed by atoms with Crippen LogP contribution in [0.15, 0.2) is 0 Å². The summed E-state index contributed by atoms with van der Waals surface area (Å²) < 4.78 is 0. The van der Waals surface area contributed by atoms with E-state index in [9.17, 15) is 5.26 Å². The molecular formula is C17H33N3. The average Bonchev–Trinajstić information content (AvgIpc) is 2.62. The maximum atomic E-state index is 9.49. The van der Waals surface area contributed by atoms with Crippen LogP contribution in [0, 0.1) is 17.2 Å². The van der Waals surface area contributed by atoms with Crippen molar-refractivity contribution in [3.05, 3.63) is 0 Å². The van der Waals surface area contributed by atoms with E-state index in [1.54, 1.807) is 0 Å². The van der Waals surface area contributed by atoms with Crippen LogP contribution in [0.2, 0.25) is 0 Å². The fraction of sp³-hybridized carbons (Fsp3) is 0.941. The van der Waals surface area contributed by atoms with Gasteiger partial charge in [-0.25, -0.2) is 0 Å². The van der Waals surface area contributed by atoms with Gasteiger partial charge in [0, 0.05) is 12.1 Å². The Bertz CT molecular complexity index is 321. The third-order valence-corrected chi connectivity index (χ3v) is 4.64.